The Bertz CT molecular complexity index is 988. The summed E-state index contributed by atoms with van der Waals surface area (Å²) in [6.45, 7) is 5.58. The van der Waals surface area contributed by atoms with Gasteiger partial charge in [-0.2, -0.15) is 0 Å². The fraction of sp³-hybridized carbons (Fsp3) is 0.385. The first-order chi connectivity index (χ1) is 16.1. The molecule has 0 spiro atoms. The fourth-order valence-corrected chi connectivity index (χ4v) is 4.21. The number of rotatable bonds is 9. The van der Waals surface area contributed by atoms with Gasteiger partial charge in [-0.1, -0.05) is 43.3 Å². The SMILES string of the molecule is CCOc1ccc(C2CC3C(=O)N(CCC(=O)NCc4ccc(CC)cc4)C=CN3N2)cc1. The fourth-order valence-electron chi connectivity index (χ4n) is 4.21. The van der Waals surface area contributed by atoms with E-state index in [1.165, 1.54) is 5.56 Å². The Morgan fingerprint density at radius 2 is 1.79 bits per heavy atom. The molecular formula is C26H32N4O3. The predicted molar refractivity (Wildman–Crippen MR) is 127 cm³/mol. The number of nitrogens with zero attached hydrogens (tertiary/aromatic N) is 2. The average molecular weight is 449 g/mol. The van der Waals surface area contributed by atoms with Crippen LogP contribution in [0.25, 0.3) is 0 Å². The summed E-state index contributed by atoms with van der Waals surface area (Å²) in [5.41, 5.74) is 6.87. The molecule has 2 unspecified atom stereocenters. The van der Waals surface area contributed by atoms with Gasteiger partial charge in [0.15, 0.2) is 0 Å². The van der Waals surface area contributed by atoms with Crippen LogP contribution in [0.15, 0.2) is 60.9 Å². The van der Waals surface area contributed by atoms with Crippen LogP contribution in [-0.4, -0.2) is 40.9 Å². The number of benzene rings is 2. The van der Waals surface area contributed by atoms with E-state index in [1.54, 1.807) is 11.1 Å². The third-order valence-corrected chi connectivity index (χ3v) is 6.17. The molecule has 0 aliphatic carbocycles. The zero-order valence-corrected chi connectivity index (χ0v) is 19.3. The van der Waals surface area contributed by atoms with E-state index >= 15 is 0 Å². The third-order valence-electron chi connectivity index (χ3n) is 6.17. The minimum absolute atomic E-state index is 0.0152. The predicted octanol–water partition coefficient (Wildman–Crippen LogP) is 3.29. The Kier molecular flexibility index (Phi) is 7.29. The van der Waals surface area contributed by atoms with Gasteiger partial charge in [-0.15, -0.1) is 0 Å². The average Bonchev–Trinajstić information content (AvgIpc) is 3.28. The maximum Gasteiger partial charge on any atom is 0.250 e. The van der Waals surface area contributed by atoms with Crippen molar-refractivity contribution in [3.63, 3.8) is 0 Å². The molecule has 0 saturated carbocycles. The van der Waals surface area contributed by atoms with E-state index in [0.29, 0.717) is 26.1 Å². The Balaban J connectivity index is 1.26. The molecule has 7 nitrogen and oxygen atoms in total. The summed E-state index contributed by atoms with van der Waals surface area (Å²) in [5.74, 6) is 0.798. The number of hydrogen-bond acceptors (Lipinski definition) is 5. The Morgan fingerprint density at radius 1 is 1.06 bits per heavy atom. The maximum atomic E-state index is 13.0. The molecule has 2 aliphatic heterocycles. The molecule has 0 radical (unpaired) electrons. The summed E-state index contributed by atoms with van der Waals surface area (Å²) in [6.07, 6.45) is 5.58. The van der Waals surface area contributed by atoms with Crippen LogP contribution in [-0.2, 0) is 22.6 Å². The molecule has 0 bridgehead atoms. The van der Waals surface area contributed by atoms with Crippen molar-refractivity contribution >= 4 is 11.8 Å². The molecule has 2 aliphatic rings. The maximum absolute atomic E-state index is 13.0. The number of carbonyl (C=O) groups is 2. The van der Waals surface area contributed by atoms with Crippen LogP contribution in [0.1, 0.15) is 49.4 Å². The summed E-state index contributed by atoms with van der Waals surface area (Å²) in [4.78, 5) is 27.0. The highest BCUT2D eigenvalue weighted by Crippen LogP contribution is 2.31. The van der Waals surface area contributed by atoms with E-state index < -0.39 is 0 Å². The minimum atomic E-state index is -0.272. The summed E-state index contributed by atoms with van der Waals surface area (Å²) in [6, 6.07) is 16.0. The van der Waals surface area contributed by atoms with E-state index in [1.807, 2.05) is 54.5 Å². The Hall–Kier alpha value is -3.32. The second-order valence-corrected chi connectivity index (χ2v) is 8.37. The lowest BCUT2D eigenvalue weighted by Gasteiger charge is -2.31. The summed E-state index contributed by atoms with van der Waals surface area (Å²) >= 11 is 0. The van der Waals surface area contributed by atoms with E-state index in [4.69, 9.17) is 4.74 Å². The Labute approximate surface area is 195 Å². The van der Waals surface area contributed by atoms with Gasteiger partial charge < -0.3 is 20.0 Å². The zero-order chi connectivity index (χ0) is 23.2. The van der Waals surface area contributed by atoms with Crippen LogP contribution in [0.2, 0.25) is 0 Å². The topological polar surface area (TPSA) is 73.9 Å². The number of aryl methyl sites for hydroxylation is 1. The molecule has 2 aromatic rings. The van der Waals surface area contributed by atoms with E-state index in [9.17, 15) is 9.59 Å². The van der Waals surface area contributed by atoms with Gasteiger partial charge in [-0.05, 0) is 48.6 Å². The first kappa shape index (κ1) is 22.9. The van der Waals surface area contributed by atoms with Crippen molar-refractivity contribution in [2.45, 2.75) is 51.7 Å². The van der Waals surface area contributed by atoms with Crippen LogP contribution in [0.4, 0.5) is 0 Å². The lowest BCUT2D eigenvalue weighted by molar-refractivity contribution is -0.134. The highest BCUT2D eigenvalue weighted by Gasteiger charge is 2.39. The Morgan fingerprint density at radius 3 is 2.48 bits per heavy atom. The summed E-state index contributed by atoms with van der Waals surface area (Å²) in [7, 11) is 0. The minimum Gasteiger partial charge on any atom is -0.494 e. The quantitative estimate of drug-likeness (QED) is 0.616. The van der Waals surface area contributed by atoms with E-state index in [-0.39, 0.29) is 30.3 Å². The van der Waals surface area contributed by atoms with Crippen molar-refractivity contribution < 1.29 is 14.3 Å². The molecule has 2 aromatic carbocycles. The molecule has 2 heterocycles. The van der Waals surface area contributed by atoms with E-state index in [2.05, 4.69) is 29.8 Å². The molecule has 1 saturated heterocycles. The standard InChI is InChI=1S/C26H32N4O3/c1-3-19-5-7-20(8-6-19)18-27-25(31)13-14-29-15-16-30-24(26(29)32)17-23(28-30)21-9-11-22(12-10-21)33-4-2/h5-12,15-16,23-24,28H,3-4,13-14,17-18H2,1-2H3,(H,27,31). The number of fused-ring (bicyclic) bond motifs is 1. The summed E-state index contributed by atoms with van der Waals surface area (Å²) < 4.78 is 5.51. The normalized spacial score (nSPS) is 19.5. The van der Waals surface area contributed by atoms with Crippen molar-refractivity contribution in [1.82, 2.24) is 20.7 Å². The molecule has 2 N–H and O–H groups in total. The van der Waals surface area contributed by atoms with Gasteiger partial charge in [0.1, 0.15) is 11.8 Å². The number of amides is 2. The van der Waals surface area contributed by atoms with Gasteiger partial charge in [0.05, 0.1) is 12.6 Å². The highest BCUT2D eigenvalue weighted by molar-refractivity contribution is 5.85. The van der Waals surface area contributed by atoms with Gasteiger partial charge in [-0.25, -0.2) is 5.43 Å². The zero-order valence-electron chi connectivity index (χ0n) is 19.3. The van der Waals surface area contributed by atoms with Gasteiger partial charge in [0.2, 0.25) is 5.91 Å². The van der Waals surface area contributed by atoms with Crippen LogP contribution < -0.4 is 15.5 Å². The largest absolute Gasteiger partial charge is 0.494 e. The molecule has 4 rings (SSSR count). The van der Waals surface area contributed by atoms with Crippen LogP contribution in [0.5, 0.6) is 5.75 Å². The van der Waals surface area contributed by atoms with Crippen molar-refractivity contribution in [1.29, 1.82) is 0 Å². The number of hydrazine groups is 1. The molecule has 2 atom stereocenters. The second kappa shape index (κ2) is 10.5. The second-order valence-electron chi connectivity index (χ2n) is 8.37. The molecular weight excluding hydrogens is 416 g/mol. The first-order valence-corrected chi connectivity index (χ1v) is 11.7. The molecule has 0 aromatic heterocycles. The van der Waals surface area contributed by atoms with Crippen LogP contribution in [0.3, 0.4) is 0 Å². The van der Waals surface area contributed by atoms with Crippen molar-refractivity contribution in [2.75, 3.05) is 13.2 Å². The number of hydrogen-bond donors (Lipinski definition) is 2. The monoisotopic (exact) mass is 448 g/mol. The molecule has 7 heteroatoms. The van der Waals surface area contributed by atoms with Gasteiger partial charge in [0, 0.05) is 31.9 Å². The third kappa shape index (κ3) is 5.54. The van der Waals surface area contributed by atoms with E-state index in [0.717, 1.165) is 23.3 Å². The first-order valence-electron chi connectivity index (χ1n) is 11.7. The van der Waals surface area contributed by atoms with Crippen molar-refractivity contribution in [2.24, 2.45) is 0 Å². The highest BCUT2D eigenvalue weighted by atomic mass is 16.5. The van der Waals surface area contributed by atoms with Gasteiger partial charge in [-0.3, -0.25) is 9.59 Å². The molecule has 2 amide bonds. The molecule has 1 fully saturated rings. The number of ether oxygens (including phenoxy) is 1. The van der Waals surface area contributed by atoms with Gasteiger partial charge >= 0.3 is 0 Å². The number of carbonyl (C=O) groups excluding carboxylic acids is 2. The van der Waals surface area contributed by atoms with Crippen LogP contribution in [0, 0.1) is 0 Å². The lowest BCUT2D eigenvalue weighted by Crippen LogP contribution is -2.48. The smallest absolute Gasteiger partial charge is 0.250 e. The van der Waals surface area contributed by atoms with Gasteiger partial charge in [0.25, 0.3) is 5.91 Å². The number of nitrogens with one attached hydrogen (secondary N) is 2. The van der Waals surface area contributed by atoms with Crippen molar-refractivity contribution in [3.8, 4) is 5.75 Å². The molecule has 33 heavy (non-hydrogen) atoms. The lowest BCUT2D eigenvalue weighted by atomic mass is 10.0. The molecule has 174 valence electrons. The van der Waals surface area contributed by atoms with Crippen LogP contribution >= 0.6 is 0 Å². The summed E-state index contributed by atoms with van der Waals surface area (Å²) in [5, 5.41) is 4.82. The van der Waals surface area contributed by atoms with Crippen molar-refractivity contribution in [3.05, 3.63) is 77.6 Å².